The van der Waals surface area contributed by atoms with Crippen molar-refractivity contribution < 1.29 is 18.7 Å². The Morgan fingerprint density at radius 3 is 2.68 bits per heavy atom. The molecule has 2 heterocycles. The van der Waals surface area contributed by atoms with E-state index in [-0.39, 0.29) is 22.1 Å². The Bertz CT molecular complexity index is 1540. The van der Waals surface area contributed by atoms with Crippen LogP contribution in [0.3, 0.4) is 0 Å². The summed E-state index contributed by atoms with van der Waals surface area (Å²) < 4.78 is 20.2. The molecular formula is C27H24ClFN6O3. The summed E-state index contributed by atoms with van der Waals surface area (Å²) in [6.45, 7) is 1.00. The van der Waals surface area contributed by atoms with Gasteiger partial charge in [-0.15, -0.1) is 0 Å². The molecule has 0 atom stereocenters. The van der Waals surface area contributed by atoms with Crippen LogP contribution in [0.1, 0.15) is 32.0 Å². The van der Waals surface area contributed by atoms with Crippen molar-refractivity contribution in [2.75, 3.05) is 30.9 Å². The first-order valence-electron chi connectivity index (χ1n) is 11.9. The van der Waals surface area contributed by atoms with Gasteiger partial charge in [0.25, 0.3) is 11.8 Å². The Morgan fingerprint density at radius 1 is 1.16 bits per heavy atom. The van der Waals surface area contributed by atoms with Crippen LogP contribution in [-0.4, -0.2) is 46.8 Å². The minimum absolute atomic E-state index is 0.168. The number of aromatic nitrogens is 3. The fraction of sp³-hybridized carbons (Fsp3) is 0.185. The molecule has 1 aliphatic rings. The monoisotopic (exact) mass is 534 g/mol. The molecule has 2 aromatic carbocycles. The number of nitrogens with two attached hydrogens (primary N) is 1. The molecule has 0 saturated heterocycles. The maximum absolute atomic E-state index is 13.6. The first-order valence-corrected chi connectivity index (χ1v) is 12.2. The molecule has 0 aliphatic heterocycles. The summed E-state index contributed by atoms with van der Waals surface area (Å²) in [7, 11) is 1.60. The summed E-state index contributed by atoms with van der Waals surface area (Å²) >= 11 is 6.28. The number of pyridine rings is 1. The molecule has 4 aromatic rings. The maximum Gasteiger partial charge on any atom is 0.269 e. The smallest absolute Gasteiger partial charge is 0.269 e. The average Bonchev–Trinajstić information content (AvgIpc) is 3.31. The number of carbonyl (C=O) groups excluding carboxylic acids is 2. The van der Waals surface area contributed by atoms with Gasteiger partial charge in [0.15, 0.2) is 5.69 Å². The molecule has 5 rings (SSSR count). The lowest BCUT2D eigenvalue weighted by Gasteiger charge is -2.20. The van der Waals surface area contributed by atoms with E-state index in [2.05, 4.69) is 20.7 Å². The van der Waals surface area contributed by atoms with Gasteiger partial charge in [-0.3, -0.25) is 9.59 Å². The second kappa shape index (κ2) is 10.6. The van der Waals surface area contributed by atoms with Gasteiger partial charge in [-0.1, -0.05) is 17.7 Å². The molecule has 0 unspecified atom stereocenters. The number of amides is 2. The molecule has 11 heteroatoms. The van der Waals surface area contributed by atoms with Crippen molar-refractivity contribution in [1.29, 1.82) is 0 Å². The van der Waals surface area contributed by atoms with Gasteiger partial charge in [-0.2, -0.15) is 5.10 Å². The van der Waals surface area contributed by atoms with Gasteiger partial charge in [-0.25, -0.2) is 14.1 Å². The second-order valence-corrected chi connectivity index (χ2v) is 9.13. The highest BCUT2D eigenvalue weighted by Crippen LogP contribution is 2.38. The summed E-state index contributed by atoms with van der Waals surface area (Å²) in [6.07, 6.45) is 2.65. The van der Waals surface area contributed by atoms with Crippen LogP contribution in [0.2, 0.25) is 5.02 Å². The molecule has 0 radical (unpaired) electrons. The van der Waals surface area contributed by atoms with Gasteiger partial charge in [0.05, 0.1) is 28.6 Å². The van der Waals surface area contributed by atoms with Gasteiger partial charge < -0.3 is 21.1 Å². The number of hydrogen-bond acceptors (Lipinski definition) is 6. The average molecular weight is 535 g/mol. The first kappa shape index (κ1) is 25.4. The fourth-order valence-corrected chi connectivity index (χ4v) is 4.66. The number of rotatable bonds is 8. The number of halogens is 2. The van der Waals surface area contributed by atoms with E-state index < -0.39 is 11.8 Å². The van der Waals surface area contributed by atoms with Crippen molar-refractivity contribution in [3.8, 4) is 16.9 Å². The van der Waals surface area contributed by atoms with Gasteiger partial charge in [0.1, 0.15) is 11.6 Å². The molecule has 0 spiro atoms. The van der Waals surface area contributed by atoms with E-state index >= 15 is 0 Å². The number of nitrogens with one attached hydrogen (secondary N) is 2. The summed E-state index contributed by atoms with van der Waals surface area (Å²) in [6, 6.07) is 12.9. The Kier molecular flexibility index (Phi) is 7.08. The van der Waals surface area contributed by atoms with Gasteiger partial charge in [0, 0.05) is 36.7 Å². The van der Waals surface area contributed by atoms with Crippen LogP contribution in [0.15, 0.2) is 54.7 Å². The predicted molar refractivity (Wildman–Crippen MR) is 142 cm³/mol. The summed E-state index contributed by atoms with van der Waals surface area (Å²) in [5.41, 5.74) is 10.4. The number of fused-ring (bicyclic) bond motifs is 3. The number of ether oxygens (including phenoxy) is 1. The summed E-state index contributed by atoms with van der Waals surface area (Å²) in [5, 5.41) is 10.7. The highest BCUT2D eigenvalue weighted by molar-refractivity contribution is 6.34. The largest absolute Gasteiger partial charge is 0.383 e. The highest BCUT2D eigenvalue weighted by Gasteiger charge is 2.28. The van der Waals surface area contributed by atoms with Crippen LogP contribution in [-0.2, 0) is 17.6 Å². The molecule has 0 bridgehead atoms. The Labute approximate surface area is 222 Å². The molecule has 1 aliphatic carbocycles. The van der Waals surface area contributed by atoms with Crippen LogP contribution in [0.5, 0.6) is 0 Å². The van der Waals surface area contributed by atoms with E-state index in [0.717, 1.165) is 11.1 Å². The van der Waals surface area contributed by atoms with Gasteiger partial charge in [0.2, 0.25) is 0 Å². The van der Waals surface area contributed by atoms with Crippen molar-refractivity contribution in [2.45, 2.75) is 12.8 Å². The number of hydrogen-bond donors (Lipinski definition) is 3. The van der Waals surface area contributed by atoms with Crippen LogP contribution in [0.25, 0.3) is 16.9 Å². The van der Waals surface area contributed by atoms with Crippen molar-refractivity contribution in [3.05, 3.63) is 88.0 Å². The number of benzene rings is 2. The quantitative estimate of drug-likeness (QED) is 0.291. The third-order valence-electron chi connectivity index (χ3n) is 6.27. The van der Waals surface area contributed by atoms with E-state index in [0.29, 0.717) is 54.4 Å². The molecule has 2 amide bonds. The minimum atomic E-state index is -0.641. The van der Waals surface area contributed by atoms with E-state index in [4.69, 9.17) is 22.1 Å². The zero-order valence-electron chi connectivity index (χ0n) is 20.4. The zero-order chi connectivity index (χ0) is 26.8. The summed E-state index contributed by atoms with van der Waals surface area (Å²) in [5.74, 6) is -0.943. The summed E-state index contributed by atoms with van der Waals surface area (Å²) in [4.78, 5) is 29.5. The molecule has 9 nitrogen and oxygen atoms in total. The number of methoxy groups -OCH3 is 1. The van der Waals surface area contributed by atoms with E-state index in [9.17, 15) is 14.0 Å². The normalized spacial score (nSPS) is 12.0. The van der Waals surface area contributed by atoms with Crippen LogP contribution in [0, 0.1) is 5.82 Å². The SMILES string of the molecule is COCCNc1cc(C(=O)Nc2ccc3c(c2)-c2c(c(C(N)=O)nn2-c2ccc(F)cc2)CC3)c(Cl)cn1. The van der Waals surface area contributed by atoms with Crippen LogP contribution < -0.4 is 16.4 Å². The Hall–Kier alpha value is -4.28. The fourth-order valence-electron chi connectivity index (χ4n) is 4.47. The number of nitrogens with zero attached hydrogens (tertiary/aromatic N) is 3. The van der Waals surface area contributed by atoms with Crippen LogP contribution in [0.4, 0.5) is 15.9 Å². The van der Waals surface area contributed by atoms with Crippen molar-refractivity contribution in [3.63, 3.8) is 0 Å². The predicted octanol–water partition coefficient (Wildman–Crippen LogP) is 4.23. The zero-order valence-corrected chi connectivity index (χ0v) is 21.2. The highest BCUT2D eigenvalue weighted by atomic mass is 35.5. The lowest BCUT2D eigenvalue weighted by molar-refractivity contribution is 0.0992. The standard InChI is InChI=1S/C27H24ClFN6O3/c1-38-11-10-31-23-13-21(22(28)14-32-23)27(37)33-17-6-2-15-3-9-19-24(26(30)36)34-35(25(19)20(15)12-17)18-7-4-16(29)5-8-18/h2,4-8,12-14H,3,9-11H2,1H3,(H2,30,36)(H,31,32)(H,33,37). The molecular weight excluding hydrogens is 511 g/mol. The third kappa shape index (κ3) is 4.96. The molecule has 0 fully saturated rings. The van der Waals surface area contributed by atoms with Gasteiger partial charge in [-0.05, 0) is 60.9 Å². The number of carbonyl (C=O) groups is 2. The second-order valence-electron chi connectivity index (χ2n) is 8.72. The molecule has 0 saturated carbocycles. The van der Waals surface area contributed by atoms with Gasteiger partial charge >= 0.3 is 0 Å². The lowest BCUT2D eigenvalue weighted by atomic mass is 9.88. The lowest BCUT2D eigenvalue weighted by Crippen LogP contribution is -2.16. The Morgan fingerprint density at radius 2 is 1.95 bits per heavy atom. The number of anilines is 2. The first-order chi connectivity index (χ1) is 18.4. The molecule has 194 valence electrons. The number of primary amides is 1. The molecule has 38 heavy (non-hydrogen) atoms. The van der Waals surface area contributed by atoms with Crippen molar-refractivity contribution >= 4 is 34.9 Å². The van der Waals surface area contributed by atoms with Crippen molar-refractivity contribution in [1.82, 2.24) is 14.8 Å². The van der Waals surface area contributed by atoms with Crippen LogP contribution >= 0.6 is 11.6 Å². The molecule has 2 aromatic heterocycles. The third-order valence-corrected chi connectivity index (χ3v) is 6.57. The molecule has 4 N–H and O–H groups in total. The number of aryl methyl sites for hydroxylation is 1. The van der Waals surface area contributed by atoms with Crippen molar-refractivity contribution in [2.24, 2.45) is 5.73 Å². The van der Waals surface area contributed by atoms with E-state index in [1.165, 1.54) is 18.3 Å². The van der Waals surface area contributed by atoms with E-state index in [1.807, 2.05) is 18.2 Å². The topological polar surface area (TPSA) is 124 Å². The Balaban J connectivity index is 1.50. The maximum atomic E-state index is 13.6. The van der Waals surface area contributed by atoms with E-state index in [1.54, 1.807) is 30.0 Å². The minimum Gasteiger partial charge on any atom is -0.383 e.